The highest BCUT2D eigenvalue weighted by molar-refractivity contribution is 5.85. The van der Waals surface area contributed by atoms with Gasteiger partial charge in [-0.2, -0.15) is 132 Å². The van der Waals surface area contributed by atoms with Gasteiger partial charge in [-0.1, -0.05) is 0 Å². The van der Waals surface area contributed by atoms with Gasteiger partial charge in [-0.05, 0) is 25.9 Å². The first-order chi connectivity index (χ1) is 24.5. The van der Waals surface area contributed by atoms with E-state index in [1.807, 2.05) is 5.32 Å². The molecule has 0 saturated carbocycles. The van der Waals surface area contributed by atoms with E-state index in [4.69, 9.17) is 0 Å². The van der Waals surface area contributed by atoms with Gasteiger partial charge in [0.1, 0.15) is 0 Å². The Labute approximate surface area is 292 Å². The molecule has 0 aliphatic heterocycles. The molecule has 35 heteroatoms. The first-order valence-corrected chi connectivity index (χ1v) is 13.5. The van der Waals surface area contributed by atoms with E-state index in [0.717, 1.165) is 0 Å². The van der Waals surface area contributed by atoms with Crippen molar-refractivity contribution in [2.75, 3.05) is 26.2 Å². The topological polar surface area (TPSA) is 70.2 Å². The SMILES string of the molecule is O=C(NCCCNCCCNC(=O)C(F)(F)C(F)(F)C(F)(F)C(F)(F)C(F)(F)C(F)(F)C(F)(F)F)C(F)(F)C(F)(F)C(F)(F)C(F)(F)C(F)(F)C(F)(F)C(F)(F)F. The molecule has 0 aromatic rings. The second-order valence-corrected chi connectivity index (χ2v) is 10.9. The molecule has 0 spiro atoms. The molecule has 0 bridgehead atoms. The number of hydrogen-bond donors (Lipinski definition) is 3. The highest BCUT2D eigenvalue weighted by Crippen LogP contribution is 2.64. The Kier molecular flexibility index (Phi) is 14.6. The van der Waals surface area contributed by atoms with Gasteiger partial charge in [0.2, 0.25) is 0 Å². The molecule has 0 rings (SSSR count). The van der Waals surface area contributed by atoms with Crippen LogP contribution in [0.25, 0.3) is 0 Å². The number of nitrogens with one attached hydrogen (secondary N) is 3. The van der Waals surface area contributed by atoms with E-state index >= 15 is 0 Å². The minimum absolute atomic E-state index is 0.568. The molecular formula is C22H15F30N3O2. The van der Waals surface area contributed by atoms with Crippen molar-refractivity contribution in [3.8, 4) is 0 Å². The van der Waals surface area contributed by atoms with Crippen LogP contribution in [0.4, 0.5) is 132 Å². The molecule has 0 atom stereocenters. The van der Waals surface area contributed by atoms with Crippen LogP contribution in [0, 0.1) is 0 Å². The van der Waals surface area contributed by atoms with Crippen molar-refractivity contribution in [3.05, 3.63) is 0 Å². The number of halogens is 30. The Morgan fingerprint density at radius 2 is 0.474 bits per heavy atom. The van der Waals surface area contributed by atoms with Crippen molar-refractivity contribution < 1.29 is 141 Å². The molecule has 3 N–H and O–H groups in total. The molecular weight excluding hydrogens is 908 g/mol. The summed E-state index contributed by atoms with van der Waals surface area (Å²) in [4.78, 5) is 22.6. The van der Waals surface area contributed by atoms with Gasteiger partial charge in [-0.25, -0.2) is 0 Å². The number of rotatable bonds is 20. The molecule has 0 heterocycles. The largest absolute Gasteiger partial charge is 0.460 e. The Hall–Kier alpha value is -3.20. The summed E-state index contributed by atoms with van der Waals surface area (Å²) in [6.07, 6.45) is -17.7. The Bertz CT molecular complexity index is 1310. The fourth-order valence-electron chi connectivity index (χ4n) is 3.40. The summed E-state index contributed by atoms with van der Waals surface area (Å²) in [6.45, 7) is -4.69. The normalized spacial score (nSPS) is 15.8. The summed E-state index contributed by atoms with van der Waals surface area (Å²) in [5.41, 5.74) is 0. The highest BCUT2D eigenvalue weighted by Gasteiger charge is 2.95. The molecule has 0 aliphatic carbocycles. The zero-order valence-electron chi connectivity index (χ0n) is 25.9. The third-order valence-corrected chi connectivity index (χ3v) is 6.86. The van der Waals surface area contributed by atoms with Crippen LogP contribution in [0.1, 0.15) is 12.8 Å². The van der Waals surface area contributed by atoms with Crippen LogP contribution in [-0.4, -0.2) is 121 Å². The maximum absolute atomic E-state index is 13.8. The predicted molar refractivity (Wildman–Crippen MR) is 120 cm³/mol. The fraction of sp³-hybridized carbons (Fsp3) is 0.909. The Morgan fingerprint density at radius 3 is 0.684 bits per heavy atom. The fourth-order valence-corrected chi connectivity index (χ4v) is 3.40. The summed E-state index contributed by atoms with van der Waals surface area (Å²) in [6, 6.07) is 0. The van der Waals surface area contributed by atoms with Gasteiger partial charge in [0.15, 0.2) is 0 Å². The van der Waals surface area contributed by atoms with Crippen LogP contribution in [0.15, 0.2) is 0 Å². The number of carbonyl (C=O) groups is 2. The van der Waals surface area contributed by atoms with Gasteiger partial charge in [0.05, 0.1) is 0 Å². The lowest BCUT2D eigenvalue weighted by Gasteiger charge is -2.41. The van der Waals surface area contributed by atoms with E-state index in [1.165, 1.54) is 0 Å². The van der Waals surface area contributed by atoms with Crippen LogP contribution in [0.2, 0.25) is 0 Å². The molecule has 0 saturated heterocycles. The van der Waals surface area contributed by atoms with Crippen LogP contribution < -0.4 is 16.0 Å². The van der Waals surface area contributed by atoms with Crippen molar-refractivity contribution in [1.82, 2.24) is 16.0 Å². The zero-order chi connectivity index (χ0) is 46.5. The lowest BCUT2D eigenvalue weighted by molar-refractivity contribution is -0.449. The quantitative estimate of drug-likeness (QED) is 0.0851. The molecule has 0 radical (unpaired) electrons. The average molecular weight is 923 g/mol. The first-order valence-electron chi connectivity index (χ1n) is 13.5. The molecule has 0 aliphatic rings. The first kappa shape index (κ1) is 53.8. The van der Waals surface area contributed by atoms with E-state index in [9.17, 15) is 141 Å². The second-order valence-electron chi connectivity index (χ2n) is 10.9. The maximum Gasteiger partial charge on any atom is 0.460 e. The third kappa shape index (κ3) is 8.21. The zero-order valence-corrected chi connectivity index (χ0v) is 25.9. The number of amides is 2. The minimum Gasteiger partial charge on any atom is -0.351 e. The van der Waals surface area contributed by atoms with E-state index < -0.39 is 134 Å². The van der Waals surface area contributed by atoms with Gasteiger partial charge in [-0.15, -0.1) is 0 Å². The summed E-state index contributed by atoms with van der Waals surface area (Å²) >= 11 is 0. The van der Waals surface area contributed by atoms with Gasteiger partial charge in [0, 0.05) is 13.1 Å². The lowest BCUT2D eigenvalue weighted by Crippen LogP contribution is -2.74. The second kappa shape index (κ2) is 15.4. The molecule has 57 heavy (non-hydrogen) atoms. The summed E-state index contributed by atoms with van der Waals surface area (Å²) in [5.74, 6) is -107. The van der Waals surface area contributed by atoms with Crippen molar-refractivity contribution in [2.24, 2.45) is 0 Å². The number of hydrogen-bond acceptors (Lipinski definition) is 3. The van der Waals surface area contributed by atoms with Crippen LogP contribution in [0.3, 0.4) is 0 Å². The standard InChI is InChI=1S/C22H15F30N3O2/c23-9(24,11(27,28)13(31,32)15(35,36)17(39,40)19(43,44)21(47,48)49)7(56)54-5-1-3-53-4-2-6-55-8(57)10(25,26)12(29,30)14(33,34)16(37,38)18(41,42)20(45,46)22(50,51)52/h53H,1-6H2,(H,54,56)(H,55,57). The maximum atomic E-state index is 13.8. The lowest BCUT2D eigenvalue weighted by atomic mass is 9.91. The predicted octanol–water partition coefficient (Wildman–Crippen LogP) is 8.34. The summed E-state index contributed by atoms with van der Waals surface area (Å²) in [5, 5.41) is 3.08. The molecule has 0 unspecified atom stereocenters. The van der Waals surface area contributed by atoms with Gasteiger partial charge < -0.3 is 16.0 Å². The highest BCUT2D eigenvalue weighted by atomic mass is 19.4. The van der Waals surface area contributed by atoms with Crippen molar-refractivity contribution in [3.63, 3.8) is 0 Å². The van der Waals surface area contributed by atoms with Crippen LogP contribution in [0.5, 0.6) is 0 Å². The Morgan fingerprint density at radius 1 is 0.281 bits per heavy atom. The van der Waals surface area contributed by atoms with Crippen molar-refractivity contribution in [2.45, 2.75) is 96.3 Å². The van der Waals surface area contributed by atoms with Gasteiger partial charge in [0.25, 0.3) is 11.8 Å². The molecule has 2 amide bonds. The summed E-state index contributed by atoms with van der Waals surface area (Å²) < 4.78 is 395. The number of carbonyl (C=O) groups excluding carboxylic acids is 2. The monoisotopic (exact) mass is 923 g/mol. The van der Waals surface area contributed by atoms with E-state index in [0.29, 0.717) is 10.6 Å². The molecule has 0 aromatic carbocycles. The Balaban J connectivity index is 5.43. The smallest absolute Gasteiger partial charge is 0.351 e. The van der Waals surface area contributed by atoms with E-state index in [2.05, 4.69) is 0 Å². The van der Waals surface area contributed by atoms with Crippen molar-refractivity contribution in [1.29, 1.82) is 0 Å². The van der Waals surface area contributed by atoms with Crippen LogP contribution in [-0.2, 0) is 9.59 Å². The third-order valence-electron chi connectivity index (χ3n) is 6.86. The summed E-state index contributed by atoms with van der Waals surface area (Å²) in [7, 11) is 0. The molecule has 0 fully saturated rings. The van der Waals surface area contributed by atoms with E-state index in [1.54, 1.807) is 0 Å². The molecule has 0 aromatic heterocycles. The van der Waals surface area contributed by atoms with Crippen LogP contribution >= 0.6 is 0 Å². The number of alkyl halides is 30. The van der Waals surface area contributed by atoms with Crippen molar-refractivity contribution >= 4 is 11.8 Å². The van der Waals surface area contributed by atoms with E-state index in [-0.39, 0.29) is 0 Å². The van der Waals surface area contributed by atoms with Gasteiger partial charge in [-0.3, -0.25) is 9.59 Å². The molecule has 340 valence electrons. The van der Waals surface area contributed by atoms with Gasteiger partial charge >= 0.3 is 83.4 Å². The average Bonchev–Trinajstić information content (AvgIpc) is 3.01. The molecule has 5 nitrogen and oxygen atoms in total. The minimum atomic E-state index is -8.69.